The number of aryl methyl sites for hydroxylation is 1. The Morgan fingerprint density at radius 1 is 1.30 bits per heavy atom. The van der Waals surface area contributed by atoms with Gasteiger partial charge < -0.3 is 10.6 Å². The maximum atomic E-state index is 6.15. The molecule has 0 aliphatic heterocycles. The van der Waals surface area contributed by atoms with E-state index in [1.54, 1.807) is 18.4 Å². The first kappa shape index (κ1) is 20.2. The Hall–Kier alpha value is -0.860. The molecule has 0 atom stereocenters. The molecule has 0 aliphatic rings. The lowest BCUT2D eigenvalue weighted by Crippen LogP contribution is -2.37. The molecule has 0 saturated carbocycles. The van der Waals surface area contributed by atoms with E-state index in [1.165, 1.54) is 5.01 Å². The maximum absolute atomic E-state index is 6.15. The topological polar surface area (TPSA) is 49.3 Å². The van der Waals surface area contributed by atoms with Crippen LogP contribution in [0.2, 0.25) is 5.02 Å². The van der Waals surface area contributed by atoms with Gasteiger partial charge in [-0.2, -0.15) is 0 Å². The average molecular weight is 465 g/mol. The van der Waals surface area contributed by atoms with Gasteiger partial charge in [-0.3, -0.25) is 4.99 Å². The second-order valence-corrected chi connectivity index (χ2v) is 6.13. The van der Waals surface area contributed by atoms with Crippen molar-refractivity contribution in [3.8, 4) is 0 Å². The summed E-state index contributed by atoms with van der Waals surface area (Å²) in [6.07, 6.45) is 1.84. The van der Waals surface area contributed by atoms with Crippen molar-refractivity contribution >= 4 is 52.9 Å². The van der Waals surface area contributed by atoms with Crippen molar-refractivity contribution in [1.29, 1.82) is 0 Å². The summed E-state index contributed by atoms with van der Waals surface area (Å²) in [4.78, 5) is 8.75. The molecular formula is C16H22ClIN4S. The standard InChI is InChI=1S/C16H21ClN4S.HI/c1-3-15-21-13(11-22-15)10-20-16(18-2)19-9-8-12-6-4-5-7-14(12)17;/h4-7,11H,3,8-10H2,1-2H3,(H2,18,19,20);1H. The van der Waals surface area contributed by atoms with Gasteiger partial charge in [-0.15, -0.1) is 35.3 Å². The molecule has 126 valence electrons. The molecule has 2 N–H and O–H groups in total. The number of rotatable bonds is 6. The van der Waals surface area contributed by atoms with E-state index in [0.717, 1.165) is 41.6 Å². The first-order valence-corrected chi connectivity index (χ1v) is 8.60. The molecule has 0 unspecified atom stereocenters. The highest BCUT2D eigenvalue weighted by atomic mass is 127. The predicted molar refractivity (Wildman–Crippen MR) is 110 cm³/mol. The third kappa shape index (κ3) is 6.64. The Kier molecular flexibility index (Phi) is 9.50. The van der Waals surface area contributed by atoms with Crippen LogP contribution in [0.25, 0.3) is 0 Å². The molecule has 0 saturated heterocycles. The van der Waals surface area contributed by atoms with Crippen molar-refractivity contribution in [3.63, 3.8) is 0 Å². The van der Waals surface area contributed by atoms with Crippen molar-refractivity contribution < 1.29 is 0 Å². The van der Waals surface area contributed by atoms with Gasteiger partial charge >= 0.3 is 0 Å². The second-order valence-electron chi connectivity index (χ2n) is 4.78. The summed E-state index contributed by atoms with van der Waals surface area (Å²) in [5.74, 6) is 0.776. The fourth-order valence-electron chi connectivity index (χ4n) is 2.00. The van der Waals surface area contributed by atoms with E-state index in [4.69, 9.17) is 11.6 Å². The number of benzene rings is 1. The van der Waals surface area contributed by atoms with Gasteiger partial charge in [0.25, 0.3) is 0 Å². The zero-order chi connectivity index (χ0) is 15.8. The van der Waals surface area contributed by atoms with Crippen LogP contribution in [0.1, 0.15) is 23.2 Å². The zero-order valence-corrected chi connectivity index (χ0v) is 17.2. The molecule has 23 heavy (non-hydrogen) atoms. The highest BCUT2D eigenvalue weighted by molar-refractivity contribution is 14.0. The van der Waals surface area contributed by atoms with Crippen molar-refractivity contribution in [3.05, 3.63) is 50.9 Å². The minimum absolute atomic E-state index is 0. The normalized spacial score (nSPS) is 11.0. The van der Waals surface area contributed by atoms with Crippen molar-refractivity contribution in [1.82, 2.24) is 15.6 Å². The molecular weight excluding hydrogens is 443 g/mol. The van der Waals surface area contributed by atoms with Crippen LogP contribution in [0.3, 0.4) is 0 Å². The van der Waals surface area contributed by atoms with Gasteiger partial charge in [0.05, 0.1) is 17.2 Å². The fourth-order valence-corrected chi connectivity index (χ4v) is 2.98. The minimum atomic E-state index is 0. The Balaban J connectivity index is 0.00000264. The van der Waals surface area contributed by atoms with E-state index in [1.807, 2.05) is 24.3 Å². The molecule has 0 amide bonds. The highest BCUT2D eigenvalue weighted by Crippen LogP contribution is 2.14. The molecule has 1 aromatic carbocycles. The van der Waals surface area contributed by atoms with E-state index in [9.17, 15) is 0 Å². The molecule has 2 rings (SSSR count). The van der Waals surface area contributed by atoms with Crippen LogP contribution in [-0.2, 0) is 19.4 Å². The van der Waals surface area contributed by atoms with Gasteiger partial charge in [0.2, 0.25) is 0 Å². The van der Waals surface area contributed by atoms with E-state index in [0.29, 0.717) is 6.54 Å². The maximum Gasteiger partial charge on any atom is 0.191 e. The van der Waals surface area contributed by atoms with Gasteiger partial charge in [0, 0.05) is 24.0 Å². The monoisotopic (exact) mass is 464 g/mol. The van der Waals surface area contributed by atoms with E-state index >= 15 is 0 Å². The smallest absolute Gasteiger partial charge is 0.191 e. The molecule has 0 bridgehead atoms. The lowest BCUT2D eigenvalue weighted by atomic mass is 10.1. The van der Waals surface area contributed by atoms with Gasteiger partial charge in [0.1, 0.15) is 0 Å². The van der Waals surface area contributed by atoms with Crippen LogP contribution in [-0.4, -0.2) is 24.5 Å². The number of thiazole rings is 1. The number of hydrogen-bond acceptors (Lipinski definition) is 3. The molecule has 7 heteroatoms. The molecule has 0 aliphatic carbocycles. The van der Waals surface area contributed by atoms with Crippen LogP contribution in [0.5, 0.6) is 0 Å². The molecule has 0 radical (unpaired) electrons. The third-order valence-corrected chi connectivity index (χ3v) is 4.62. The lowest BCUT2D eigenvalue weighted by molar-refractivity contribution is 0.784. The van der Waals surface area contributed by atoms with Crippen LogP contribution < -0.4 is 10.6 Å². The summed E-state index contributed by atoms with van der Waals surface area (Å²) in [5, 5.41) is 10.6. The summed E-state index contributed by atoms with van der Waals surface area (Å²) in [5.41, 5.74) is 2.19. The number of nitrogens with zero attached hydrogens (tertiary/aromatic N) is 2. The Bertz CT molecular complexity index is 630. The quantitative estimate of drug-likeness (QED) is 0.387. The van der Waals surface area contributed by atoms with Gasteiger partial charge in [-0.25, -0.2) is 4.98 Å². The van der Waals surface area contributed by atoms with Crippen molar-refractivity contribution in [2.75, 3.05) is 13.6 Å². The number of aromatic nitrogens is 1. The first-order valence-electron chi connectivity index (χ1n) is 7.34. The molecule has 2 aromatic rings. The molecule has 4 nitrogen and oxygen atoms in total. The largest absolute Gasteiger partial charge is 0.356 e. The molecule has 1 aromatic heterocycles. The number of aliphatic imine (C=N–C) groups is 1. The summed E-state index contributed by atoms with van der Waals surface area (Å²) in [6.45, 7) is 3.58. The molecule has 0 spiro atoms. The molecule has 1 heterocycles. The third-order valence-electron chi connectivity index (χ3n) is 3.21. The Labute approximate surface area is 163 Å². The van der Waals surface area contributed by atoms with Gasteiger partial charge in [-0.1, -0.05) is 36.7 Å². The fraction of sp³-hybridized carbons (Fsp3) is 0.375. The lowest BCUT2D eigenvalue weighted by Gasteiger charge is -2.11. The van der Waals surface area contributed by atoms with E-state index < -0.39 is 0 Å². The SMILES string of the molecule is CCc1nc(CNC(=NC)NCCc2ccccc2Cl)cs1.I. The Morgan fingerprint density at radius 3 is 2.74 bits per heavy atom. The van der Waals surface area contributed by atoms with Gasteiger partial charge in [0.15, 0.2) is 5.96 Å². The van der Waals surface area contributed by atoms with Crippen molar-refractivity contribution in [2.45, 2.75) is 26.3 Å². The summed E-state index contributed by atoms with van der Waals surface area (Å²) in [6, 6.07) is 7.90. The molecule has 0 fully saturated rings. The van der Waals surface area contributed by atoms with Gasteiger partial charge in [-0.05, 0) is 24.5 Å². The predicted octanol–water partition coefficient (Wildman–Crippen LogP) is 3.88. The first-order chi connectivity index (χ1) is 10.7. The number of hydrogen-bond donors (Lipinski definition) is 2. The highest BCUT2D eigenvalue weighted by Gasteiger charge is 2.03. The minimum Gasteiger partial charge on any atom is -0.356 e. The summed E-state index contributed by atoms with van der Waals surface area (Å²) in [7, 11) is 1.77. The number of halogens is 2. The average Bonchev–Trinajstić information content (AvgIpc) is 3.00. The zero-order valence-electron chi connectivity index (χ0n) is 13.3. The van der Waals surface area contributed by atoms with E-state index in [2.05, 4.69) is 32.9 Å². The van der Waals surface area contributed by atoms with Crippen molar-refractivity contribution in [2.24, 2.45) is 4.99 Å². The summed E-state index contributed by atoms with van der Waals surface area (Å²) >= 11 is 7.85. The van der Waals surface area contributed by atoms with Crippen LogP contribution in [0.4, 0.5) is 0 Å². The Morgan fingerprint density at radius 2 is 2.09 bits per heavy atom. The van der Waals surface area contributed by atoms with E-state index in [-0.39, 0.29) is 24.0 Å². The van der Waals surface area contributed by atoms with Crippen LogP contribution in [0.15, 0.2) is 34.6 Å². The number of nitrogens with one attached hydrogen (secondary N) is 2. The summed E-state index contributed by atoms with van der Waals surface area (Å²) < 4.78 is 0. The van der Waals surface area contributed by atoms with Crippen LogP contribution in [0, 0.1) is 0 Å². The second kappa shape index (κ2) is 10.8. The number of guanidine groups is 1. The van der Waals surface area contributed by atoms with Crippen LogP contribution >= 0.6 is 46.9 Å².